The molecule has 8 nitrogen and oxygen atoms in total. The summed E-state index contributed by atoms with van der Waals surface area (Å²) in [5.74, 6) is -1.18. The summed E-state index contributed by atoms with van der Waals surface area (Å²) in [6.07, 6.45) is 0.284. The van der Waals surface area contributed by atoms with Crippen molar-refractivity contribution in [3.8, 4) is 0 Å². The summed E-state index contributed by atoms with van der Waals surface area (Å²) in [6, 6.07) is 2.92. The summed E-state index contributed by atoms with van der Waals surface area (Å²) in [6.45, 7) is -0.282. The van der Waals surface area contributed by atoms with Gasteiger partial charge in [0.1, 0.15) is 17.9 Å². The summed E-state index contributed by atoms with van der Waals surface area (Å²) in [5.41, 5.74) is 0.303. The van der Waals surface area contributed by atoms with E-state index in [0.29, 0.717) is 5.69 Å². The predicted molar refractivity (Wildman–Crippen MR) is 81.5 cm³/mol. The smallest absolute Gasteiger partial charge is 0.319 e. The lowest BCUT2D eigenvalue weighted by atomic mass is 10.1. The van der Waals surface area contributed by atoms with E-state index < -0.39 is 36.6 Å². The first-order chi connectivity index (χ1) is 11.5. The Morgan fingerprint density at radius 2 is 2.21 bits per heavy atom. The van der Waals surface area contributed by atoms with E-state index in [1.165, 1.54) is 23.1 Å². The lowest BCUT2D eigenvalue weighted by Gasteiger charge is -2.33. The molecule has 128 valence electrons. The number of aliphatic hydroxyl groups excluding tert-OH is 1. The summed E-state index contributed by atoms with van der Waals surface area (Å²) in [4.78, 5) is 37.4. The van der Waals surface area contributed by atoms with Gasteiger partial charge in [-0.2, -0.15) is 0 Å². The first-order valence-corrected chi connectivity index (χ1v) is 7.52. The van der Waals surface area contributed by atoms with Crippen molar-refractivity contribution >= 4 is 23.5 Å². The van der Waals surface area contributed by atoms with E-state index in [9.17, 15) is 18.8 Å². The fraction of sp³-hybridized carbons (Fsp3) is 0.400. The fourth-order valence-electron chi connectivity index (χ4n) is 3.01. The standard InChI is InChI=1S/C15H17FN4O4/c16-8-2-1-3-9(4-8)17-15(24)18-10-5-12-13(22)19-11(7-21)14(23)20(12)6-10/h1-4,10-12,21H,5-7H2,(H,19,22)(H2,17,18,24)/t10-,11+,12-/m0/s1. The molecule has 0 aromatic heterocycles. The van der Waals surface area contributed by atoms with Crippen LogP contribution in [0, 0.1) is 5.82 Å². The number of nitrogens with zero attached hydrogens (tertiary/aromatic N) is 1. The molecule has 0 aliphatic carbocycles. The number of anilines is 1. The highest BCUT2D eigenvalue weighted by Crippen LogP contribution is 2.22. The topological polar surface area (TPSA) is 111 Å². The second-order valence-corrected chi connectivity index (χ2v) is 5.79. The molecule has 4 amide bonds. The van der Waals surface area contributed by atoms with Crippen LogP contribution in [0.4, 0.5) is 14.9 Å². The second-order valence-electron chi connectivity index (χ2n) is 5.79. The Morgan fingerprint density at radius 1 is 1.42 bits per heavy atom. The molecule has 24 heavy (non-hydrogen) atoms. The maximum atomic E-state index is 13.1. The number of carbonyl (C=O) groups excluding carboxylic acids is 3. The van der Waals surface area contributed by atoms with E-state index in [1.54, 1.807) is 6.07 Å². The molecule has 0 radical (unpaired) electrons. The Bertz CT molecular complexity index is 683. The van der Waals surface area contributed by atoms with E-state index >= 15 is 0 Å². The molecule has 2 heterocycles. The molecule has 1 aromatic rings. The number of benzene rings is 1. The third-order valence-electron chi connectivity index (χ3n) is 4.10. The van der Waals surface area contributed by atoms with Gasteiger partial charge in [0.05, 0.1) is 12.6 Å². The van der Waals surface area contributed by atoms with E-state index in [0.717, 1.165) is 0 Å². The first kappa shape index (κ1) is 16.2. The number of aliphatic hydroxyl groups is 1. The number of urea groups is 1. The minimum atomic E-state index is -0.936. The molecule has 0 saturated carbocycles. The number of rotatable bonds is 3. The van der Waals surface area contributed by atoms with Gasteiger partial charge in [-0.3, -0.25) is 9.59 Å². The SMILES string of the molecule is O=C(Nc1cccc(F)c1)N[C@H]1C[C@H]2C(=O)N[C@H](CO)C(=O)N2C1. The number of nitrogens with one attached hydrogen (secondary N) is 3. The molecule has 2 aliphatic rings. The van der Waals surface area contributed by atoms with Crippen molar-refractivity contribution in [3.05, 3.63) is 30.1 Å². The number of fused-ring (bicyclic) bond motifs is 1. The van der Waals surface area contributed by atoms with Gasteiger partial charge in [-0.25, -0.2) is 9.18 Å². The summed E-state index contributed by atoms with van der Waals surface area (Å²) >= 11 is 0. The zero-order valence-electron chi connectivity index (χ0n) is 12.7. The van der Waals surface area contributed by atoms with Crippen molar-refractivity contribution in [3.63, 3.8) is 0 Å². The van der Waals surface area contributed by atoms with E-state index in [1.807, 2.05) is 0 Å². The lowest BCUT2D eigenvalue weighted by Crippen LogP contribution is -2.62. The quantitative estimate of drug-likeness (QED) is 0.591. The fourth-order valence-corrected chi connectivity index (χ4v) is 3.01. The Hall–Kier alpha value is -2.68. The average molecular weight is 336 g/mol. The van der Waals surface area contributed by atoms with Gasteiger partial charge in [-0.15, -0.1) is 0 Å². The van der Waals surface area contributed by atoms with Gasteiger partial charge in [-0.05, 0) is 24.6 Å². The van der Waals surface area contributed by atoms with Crippen LogP contribution in [0.3, 0.4) is 0 Å². The van der Waals surface area contributed by atoms with Crippen LogP contribution in [-0.2, 0) is 9.59 Å². The molecule has 9 heteroatoms. The zero-order chi connectivity index (χ0) is 17.3. The average Bonchev–Trinajstić information content (AvgIpc) is 2.95. The normalized spacial score (nSPS) is 25.9. The highest BCUT2D eigenvalue weighted by Gasteiger charge is 2.46. The van der Waals surface area contributed by atoms with Crippen molar-refractivity contribution in [2.45, 2.75) is 24.5 Å². The van der Waals surface area contributed by atoms with Crippen LogP contribution >= 0.6 is 0 Å². The lowest BCUT2D eigenvalue weighted by molar-refractivity contribution is -0.148. The predicted octanol–water partition coefficient (Wildman–Crippen LogP) is -0.593. The zero-order valence-corrected chi connectivity index (χ0v) is 12.7. The minimum Gasteiger partial charge on any atom is -0.394 e. The maximum absolute atomic E-state index is 13.1. The summed E-state index contributed by atoms with van der Waals surface area (Å²) in [5, 5.41) is 16.7. The van der Waals surface area contributed by atoms with Gasteiger partial charge in [0.25, 0.3) is 0 Å². The van der Waals surface area contributed by atoms with Crippen LogP contribution in [0.5, 0.6) is 0 Å². The molecule has 3 atom stereocenters. The molecule has 2 aliphatic heterocycles. The van der Waals surface area contributed by atoms with Crippen LogP contribution in [0.25, 0.3) is 0 Å². The van der Waals surface area contributed by atoms with Crippen LogP contribution in [-0.4, -0.2) is 59.1 Å². The third kappa shape index (κ3) is 3.16. The van der Waals surface area contributed by atoms with Crippen molar-refractivity contribution in [1.29, 1.82) is 0 Å². The van der Waals surface area contributed by atoms with Gasteiger partial charge in [-0.1, -0.05) is 6.07 Å². The molecular weight excluding hydrogens is 319 g/mol. The molecule has 2 fully saturated rings. The van der Waals surface area contributed by atoms with Gasteiger partial charge < -0.3 is 26.0 Å². The van der Waals surface area contributed by atoms with Gasteiger partial charge in [0.15, 0.2) is 0 Å². The van der Waals surface area contributed by atoms with E-state index in [-0.39, 0.29) is 24.8 Å². The molecule has 3 rings (SSSR count). The molecule has 0 bridgehead atoms. The van der Waals surface area contributed by atoms with E-state index in [2.05, 4.69) is 16.0 Å². The van der Waals surface area contributed by atoms with Crippen LogP contribution < -0.4 is 16.0 Å². The number of hydrogen-bond acceptors (Lipinski definition) is 4. The van der Waals surface area contributed by atoms with Crippen molar-refractivity contribution in [2.75, 3.05) is 18.5 Å². The Kier molecular flexibility index (Phi) is 4.34. The highest BCUT2D eigenvalue weighted by molar-refractivity contribution is 5.98. The van der Waals surface area contributed by atoms with Crippen molar-refractivity contribution in [2.24, 2.45) is 0 Å². The van der Waals surface area contributed by atoms with Gasteiger partial charge >= 0.3 is 6.03 Å². The first-order valence-electron chi connectivity index (χ1n) is 7.52. The Balaban J connectivity index is 1.60. The van der Waals surface area contributed by atoms with Crippen molar-refractivity contribution < 1.29 is 23.9 Å². The van der Waals surface area contributed by atoms with Crippen LogP contribution in [0.2, 0.25) is 0 Å². The third-order valence-corrected chi connectivity index (χ3v) is 4.10. The van der Waals surface area contributed by atoms with Crippen LogP contribution in [0.15, 0.2) is 24.3 Å². The largest absolute Gasteiger partial charge is 0.394 e. The second kappa shape index (κ2) is 6.44. The molecule has 2 saturated heterocycles. The molecular formula is C15H17FN4O4. The van der Waals surface area contributed by atoms with Gasteiger partial charge in [0, 0.05) is 12.2 Å². The summed E-state index contributed by atoms with van der Waals surface area (Å²) < 4.78 is 13.1. The number of hydrogen-bond donors (Lipinski definition) is 4. The molecule has 4 N–H and O–H groups in total. The number of piperazine rings is 1. The van der Waals surface area contributed by atoms with Gasteiger partial charge in [0.2, 0.25) is 11.8 Å². The maximum Gasteiger partial charge on any atom is 0.319 e. The minimum absolute atomic E-state index is 0.185. The monoisotopic (exact) mass is 336 g/mol. The van der Waals surface area contributed by atoms with E-state index in [4.69, 9.17) is 5.11 Å². The number of amides is 4. The summed E-state index contributed by atoms with van der Waals surface area (Å²) in [7, 11) is 0. The molecule has 0 spiro atoms. The molecule has 1 aromatic carbocycles. The molecule has 0 unspecified atom stereocenters. The Morgan fingerprint density at radius 3 is 2.92 bits per heavy atom. The van der Waals surface area contributed by atoms with Crippen molar-refractivity contribution in [1.82, 2.24) is 15.5 Å². The number of carbonyl (C=O) groups is 3. The van der Waals surface area contributed by atoms with Crippen LogP contribution in [0.1, 0.15) is 6.42 Å². The number of halogens is 1. The highest BCUT2D eigenvalue weighted by atomic mass is 19.1. The Labute approximate surface area is 137 Å².